The highest BCUT2D eigenvalue weighted by Crippen LogP contribution is 2.44. The van der Waals surface area contributed by atoms with Gasteiger partial charge in [-0.2, -0.15) is 0 Å². The molecule has 1 aliphatic carbocycles. The molecule has 0 spiro atoms. The number of hydrogen-bond donors (Lipinski definition) is 2. The molecule has 1 amide bonds. The minimum Gasteiger partial charge on any atom is -0.349 e. The zero-order valence-corrected chi connectivity index (χ0v) is 14.8. The predicted octanol–water partition coefficient (Wildman–Crippen LogP) is 1.97. The first-order chi connectivity index (χ1) is 11.5. The van der Waals surface area contributed by atoms with Crippen molar-refractivity contribution in [3.63, 3.8) is 0 Å². The normalized spacial score (nSPS) is 15.8. The summed E-state index contributed by atoms with van der Waals surface area (Å²) in [5.74, 6) is -0.251. The smallest absolute Gasteiger partial charge is 0.343 e. The molecule has 7 heteroatoms. The Bertz CT molecular complexity index is 792. The van der Waals surface area contributed by atoms with Crippen molar-refractivity contribution in [1.29, 1.82) is 0 Å². The number of H-pyrrole nitrogens is 1. The third kappa shape index (κ3) is 3.40. The number of carbonyl (C=O) groups excluding carboxylic acids is 1. The van der Waals surface area contributed by atoms with Crippen molar-refractivity contribution in [2.45, 2.75) is 30.6 Å². The second kappa shape index (κ2) is 6.84. The van der Waals surface area contributed by atoms with Gasteiger partial charge in [0.15, 0.2) is 0 Å². The topological polar surface area (TPSA) is 79.8 Å². The fourth-order valence-corrected chi connectivity index (χ4v) is 3.82. The number of aryl methyl sites for hydroxylation is 1. The summed E-state index contributed by atoms with van der Waals surface area (Å²) < 4.78 is 1.13. The summed E-state index contributed by atoms with van der Waals surface area (Å²) in [5, 5.41) is 6.85. The van der Waals surface area contributed by atoms with E-state index in [1.165, 1.54) is 23.9 Å². The van der Waals surface area contributed by atoms with Crippen molar-refractivity contribution in [3.05, 3.63) is 46.1 Å². The Labute approximate surface area is 145 Å². The largest absolute Gasteiger partial charge is 0.349 e. The molecule has 0 saturated heterocycles. The maximum absolute atomic E-state index is 12.2. The van der Waals surface area contributed by atoms with Crippen LogP contribution < -0.4 is 11.0 Å². The van der Waals surface area contributed by atoms with Gasteiger partial charge >= 0.3 is 5.69 Å². The highest BCUT2D eigenvalue weighted by molar-refractivity contribution is 7.98. The quantitative estimate of drug-likeness (QED) is 0.784. The summed E-state index contributed by atoms with van der Waals surface area (Å²) in [5.41, 5.74) is 1.06. The van der Waals surface area contributed by atoms with Gasteiger partial charge in [-0.25, -0.2) is 9.48 Å². The summed E-state index contributed by atoms with van der Waals surface area (Å²) in [6, 6.07) is 8.44. The number of thioether (sulfide) groups is 1. The zero-order chi connectivity index (χ0) is 17.2. The molecule has 1 aliphatic rings. The van der Waals surface area contributed by atoms with Crippen molar-refractivity contribution in [3.8, 4) is 0 Å². The Morgan fingerprint density at radius 1 is 1.42 bits per heavy atom. The van der Waals surface area contributed by atoms with E-state index in [4.69, 9.17) is 0 Å². The van der Waals surface area contributed by atoms with Gasteiger partial charge in [-0.1, -0.05) is 24.6 Å². The summed E-state index contributed by atoms with van der Waals surface area (Å²) in [4.78, 5) is 27.4. The first-order valence-electron chi connectivity index (χ1n) is 8.06. The van der Waals surface area contributed by atoms with Crippen LogP contribution in [0.1, 0.15) is 35.4 Å². The van der Waals surface area contributed by atoms with E-state index < -0.39 is 0 Å². The van der Waals surface area contributed by atoms with Gasteiger partial charge in [0.05, 0.1) is 0 Å². The maximum atomic E-state index is 12.2. The first kappa shape index (κ1) is 16.8. The van der Waals surface area contributed by atoms with Crippen LogP contribution in [0.3, 0.4) is 0 Å². The molecular formula is C17H22N4O2S. The SMILES string of the molecule is CSc1ccccc1CC1(CNC(=O)c2nn(C)c(=O)[nH]2)CCC1. The molecule has 0 bridgehead atoms. The van der Waals surface area contributed by atoms with Crippen molar-refractivity contribution in [2.24, 2.45) is 12.5 Å². The molecule has 0 radical (unpaired) electrons. The van der Waals surface area contributed by atoms with E-state index in [0.717, 1.165) is 23.9 Å². The summed E-state index contributed by atoms with van der Waals surface area (Å²) in [6.45, 7) is 0.604. The lowest BCUT2D eigenvalue weighted by Gasteiger charge is -2.42. The standard InChI is InChI=1S/C17H22N4O2S/c1-21-16(23)19-14(20-21)15(22)18-11-17(8-5-9-17)10-12-6-3-4-7-13(12)24-2/h3-4,6-7H,5,8-11H2,1-2H3,(H,18,22)(H,19,20,23). The van der Waals surface area contributed by atoms with Gasteiger partial charge < -0.3 is 5.32 Å². The third-order valence-electron chi connectivity index (χ3n) is 4.78. The fourth-order valence-electron chi connectivity index (χ4n) is 3.20. The summed E-state index contributed by atoms with van der Waals surface area (Å²) >= 11 is 1.76. The fraction of sp³-hybridized carbons (Fsp3) is 0.471. The molecule has 2 aromatic rings. The number of hydrogen-bond acceptors (Lipinski definition) is 4. The lowest BCUT2D eigenvalue weighted by molar-refractivity contribution is 0.0848. The highest BCUT2D eigenvalue weighted by Gasteiger charge is 2.38. The third-order valence-corrected chi connectivity index (χ3v) is 5.62. The summed E-state index contributed by atoms with van der Waals surface area (Å²) in [6.07, 6.45) is 6.45. The van der Waals surface area contributed by atoms with Crippen LogP contribution in [0.15, 0.2) is 34.0 Å². The van der Waals surface area contributed by atoms with Gasteiger partial charge in [0.2, 0.25) is 5.82 Å². The van der Waals surface area contributed by atoms with Gasteiger partial charge in [-0.3, -0.25) is 9.78 Å². The molecule has 1 fully saturated rings. The Kier molecular flexibility index (Phi) is 4.80. The second-order valence-electron chi connectivity index (χ2n) is 6.43. The van der Waals surface area contributed by atoms with Crippen LogP contribution in [-0.2, 0) is 13.5 Å². The average molecular weight is 346 g/mol. The van der Waals surface area contributed by atoms with Gasteiger partial charge in [-0.05, 0) is 42.6 Å². The molecule has 1 aromatic heterocycles. The Hall–Kier alpha value is -2.02. The highest BCUT2D eigenvalue weighted by atomic mass is 32.2. The molecule has 128 valence electrons. The maximum Gasteiger partial charge on any atom is 0.343 e. The minimum atomic E-state index is -0.382. The minimum absolute atomic E-state index is 0.0708. The lowest BCUT2D eigenvalue weighted by atomic mass is 9.65. The van der Waals surface area contributed by atoms with E-state index in [9.17, 15) is 9.59 Å². The second-order valence-corrected chi connectivity index (χ2v) is 7.28. The van der Waals surface area contributed by atoms with E-state index in [1.54, 1.807) is 11.8 Å². The number of carbonyl (C=O) groups is 1. The van der Waals surface area contributed by atoms with Gasteiger partial charge in [0.25, 0.3) is 5.91 Å². The number of nitrogens with zero attached hydrogens (tertiary/aromatic N) is 2. The Morgan fingerprint density at radius 3 is 2.75 bits per heavy atom. The van der Waals surface area contributed by atoms with Crippen molar-refractivity contribution >= 4 is 17.7 Å². The molecule has 1 saturated carbocycles. The number of amides is 1. The molecule has 0 atom stereocenters. The van der Waals surface area contributed by atoms with Crippen molar-refractivity contribution < 1.29 is 4.79 Å². The van der Waals surface area contributed by atoms with E-state index in [1.807, 2.05) is 0 Å². The van der Waals surface area contributed by atoms with Gasteiger partial charge in [-0.15, -0.1) is 16.9 Å². The summed E-state index contributed by atoms with van der Waals surface area (Å²) in [7, 11) is 1.52. The molecule has 2 N–H and O–H groups in total. The molecule has 24 heavy (non-hydrogen) atoms. The van der Waals surface area contributed by atoms with Gasteiger partial charge in [0, 0.05) is 18.5 Å². The van der Waals surface area contributed by atoms with Crippen LogP contribution >= 0.6 is 11.8 Å². The number of aromatic amines is 1. The molecule has 0 unspecified atom stereocenters. The molecule has 1 aromatic carbocycles. The van der Waals surface area contributed by atoms with Crippen LogP contribution in [0.2, 0.25) is 0 Å². The Morgan fingerprint density at radius 2 is 2.17 bits per heavy atom. The van der Waals surface area contributed by atoms with Crippen LogP contribution in [0.5, 0.6) is 0 Å². The molecule has 6 nitrogen and oxygen atoms in total. The number of benzene rings is 1. The van der Waals surface area contributed by atoms with E-state index >= 15 is 0 Å². The Balaban J connectivity index is 1.67. The van der Waals surface area contributed by atoms with Gasteiger partial charge in [0.1, 0.15) is 0 Å². The molecule has 1 heterocycles. The average Bonchev–Trinajstić information content (AvgIpc) is 2.89. The molecule has 3 rings (SSSR count). The van der Waals surface area contributed by atoms with E-state index in [2.05, 4.69) is 45.9 Å². The molecular weight excluding hydrogens is 324 g/mol. The van der Waals surface area contributed by atoms with Crippen molar-refractivity contribution in [2.75, 3.05) is 12.8 Å². The monoisotopic (exact) mass is 346 g/mol. The van der Waals surface area contributed by atoms with Crippen LogP contribution in [-0.4, -0.2) is 33.5 Å². The van der Waals surface area contributed by atoms with Crippen LogP contribution in [0, 0.1) is 5.41 Å². The lowest BCUT2D eigenvalue weighted by Crippen LogP contribution is -2.44. The zero-order valence-electron chi connectivity index (χ0n) is 14.0. The number of aromatic nitrogens is 3. The van der Waals surface area contributed by atoms with E-state index in [0.29, 0.717) is 6.54 Å². The van der Waals surface area contributed by atoms with Crippen LogP contribution in [0.4, 0.5) is 0 Å². The first-order valence-corrected chi connectivity index (χ1v) is 9.29. The number of rotatable bonds is 6. The van der Waals surface area contributed by atoms with Crippen LogP contribution in [0.25, 0.3) is 0 Å². The predicted molar refractivity (Wildman–Crippen MR) is 94.4 cm³/mol. The van der Waals surface area contributed by atoms with Crippen molar-refractivity contribution in [1.82, 2.24) is 20.1 Å². The van der Waals surface area contributed by atoms with E-state index in [-0.39, 0.29) is 22.8 Å². The molecule has 0 aliphatic heterocycles. The number of nitrogens with one attached hydrogen (secondary N) is 2.